The van der Waals surface area contributed by atoms with E-state index in [9.17, 15) is 0 Å². The van der Waals surface area contributed by atoms with E-state index in [1.54, 1.807) is 0 Å². The van der Waals surface area contributed by atoms with Crippen molar-refractivity contribution in [1.29, 1.82) is 0 Å². The average Bonchev–Trinajstić information content (AvgIpc) is 2.50. The third kappa shape index (κ3) is 3.67. The van der Waals surface area contributed by atoms with E-state index in [-0.39, 0.29) is 5.60 Å². The summed E-state index contributed by atoms with van der Waals surface area (Å²) in [5.74, 6) is 0. The van der Waals surface area contributed by atoms with Gasteiger partial charge in [-0.2, -0.15) is 0 Å². The summed E-state index contributed by atoms with van der Waals surface area (Å²) in [7, 11) is 1.82. The topological polar surface area (TPSA) is 15.7 Å². The number of fused-ring (bicyclic) bond motifs is 1. The third-order valence-electron chi connectivity index (χ3n) is 4.29. The largest absolute Gasteiger partial charge is 0.377 e. The number of hydrogen-bond acceptors (Lipinski definition) is 3. The Morgan fingerprint density at radius 3 is 2.65 bits per heavy atom. The van der Waals surface area contributed by atoms with Crippen LogP contribution in [0.4, 0.5) is 0 Å². The van der Waals surface area contributed by atoms with Crippen molar-refractivity contribution in [3.63, 3.8) is 0 Å². The van der Waals surface area contributed by atoms with Gasteiger partial charge in [-0.15, -0.1) is 0 Å². The molecule has 1 unspecified atom stereocenters. The quantitative estimate of drug-likeness (QED) is 0.750. The molecular formula is C14H28N2O. The van der Waals surface area contributed by atoms with Crippen LogP contribution in [0.5, 0.6) is 0 Å². The Balaban J connectivity index is 1.91. The van der Waals surface area contributed by atoms with Crippen molar-refractivity contribution in [3.8, 4) is 0 Å². The Morgan fingerprint density at radius 2 is 1.88 bits per heavy atom. The Morgan fingerprint density at radius 1 is 1.12 bits per heavy atom. The predicted octanol–water partition coefficient (Wildman–Crippen LogP) is 1.97. The molecule has 0 N–H and O–H groups in total. The molecule has 0 radical (unpaired) electrons. The summed E-state index contributed by atoms with van der Waals surface area (Å²) < 4.78 is 5.56. The van der Waals surface area contributed by atoms with E-state index in [0.29, 0.717) is 0 Å². The number of methoxy groups -OCH3 is 1. The summed E-state index contributed by atoms with van der Waals surface area (Å²) in [4.78, 5) is 5.32. The molecule has 3 nitrogen and oxygen atoms in total. The fourth-order valence-corrected chi connectivity index (χ4v) is 3.19. The first-order chi connectivity index (χ1) is 8.11. The highest BCUT2D eigenvalue weighted by atomic mass is 16.5. The highest BCUT2D eigenvalue weighted by Crippen LogP contribution is 2.22. The minimum Gasteiger partial charge on any atom is -0.377 e. The molecule has 0 spiro atoms. The van der Waals surface area contributed by atoms with Crippen LogP contribution in [0.15, 0.2) is 0 Å². The van der Waals surface area contributed by atoms with Crippen LogP contribution in [0.3, 0.4) is 0 Å². The Hall–Kier alpha value is -0.120. The second-order valence-electron chi connectivity index (χ2n) is 6.24. The number of rotatable bonds is 3. The summed E-state index contributed by atoms with van der Waals surface area (Å²) in [6.07, 6.45) is 5.53. The lowest BCUT2D eigenvalue weighted by atomic mass is 10.0. The van der Waals surface area contributed by atoms with Gasteiger partial charge in [0.2, 0.25) is 0 Å². The molecular weight excluding hydrogens is 212 g/mol. The molecule has 2 fully saturated rings. The normalized spacial score (nSPS) is 28.8. The van der Waals surface area contributed by atoms with Gasteiger partial charge in [0.05, 0.1) is 5.60 Å². The van der Waals surface area contributed by atoms with Crippen molar-refractivity contribution in [2.75, 3.05) is 39.8 Å². The zero-order valence-electron chi connectivity index (χ0n) is 11.7. The van der Waals surface area contributed by atoms with Crippen molar-refractivity contribution < 1.29 is 4.74 Å². The van der Waals surface area contributed by atoms with Crippen LogP contribution in [0.25, 0.3) is 0 Å². The van der Waals surface area contributed by atoms with Gasteiger partial charge in [-0.25, -0.2) is 0 Å². The minimum absolute atomic E-state index is 0.0101. The van der Waals surface area contributed by atoms with E-state index in [1.807, 2.05) is 7.11 Å². The lowest BCUT2D eigenvalue weighted by Gasteiger charge is -2.37. The van der Waals surface area contributed by atoms with Gasteiger partial charge in [-0.3, -0.25) is 9.80 Å². The second kappa shape index (κ2) is 5.68. The molecule has 0 bridgehead atoms. The zero-order chi connectivity index (χ0) is 12.3. The standard InChI is InChI=1S/C14H28N2O/c1-14(2,17-3)12-15-8-6-10-16-9-5-4-7-13(16)11-15/h13H,4-12H2,1-3H3. The molecule has 0 aromatic carbocycles. The van der Waals surface area contributed by atoms with Gasteiger partial charge in [0, 0.05) is 26.2 Å². The molecule has 0 saturated carbocycles. The molecule has 3 heteroatoms. The molecule has 2 aliphatic rings. The first-order valence-corrected chi connectivity index (χ1v) is 7.12. The van der Waals surface area contributed by atoms with Gasteiger partial charge in [0.15, 0.2) is 0 Å². The lowest BCUT2D eigenvalue weighted by Crippen LogP contribution is -2.47. The highest BCUT2D eigenvalue weighted by Gasteiger charge is 2.29. The van der Waals surface area contributed by atoms with Crippen LogP contribution in [-0.4, -0.2) is 61.3 Å². The van der Waals surface area contributed by atoms with Crippen LogP contribution in [0, 0.1) is 0 Å². The van der Waals surface area contributed by atoms with Gasteiger partial charge in [-0.1, -0.05) is 6.42 Å². The van der Waals surface area contributed by atoms with Gasteiger partial charge < -0.3 is 4.74 Å². The zero-order valence-corrected chi connectivity index (χ0v) is 11.7. The fourth-order valence-electron chi connectivity index (χ4n) is 3.19. The summed E-state index contributed by atoms with van der Waals surface area (Å²) in [5, 5.41) is 0. The molecule has 2 rings (SSSR count). The Labute approximate surface area is 106 Å². The molecule has 2 aliphatic heterocycles. The number of hydrogen-bond donors (Lipinski definition) is 0. The van der Waals surface area contributed by atoms with Crippen molar-refractivity contribution in [3.05, 3.63) is 0 Å². The maximum absolute atomic E-state index is 5.56. The van der Waals surface area contributed by atoms with E-state index in [2.05, 4.69) is 23.6 Å². The van der Waals surface area contributed by atoms with E-state index < -0.39 is 0 Å². The van der Waals surface area contributed by atoms with Crippen molar-refractivity contribution in [1.82, 2.24) is 9.80 Å². The van der Waals surface area contributed by atoms with Gasteiger partial charge in [-0.05, 0) is 52.7 Å². The van der Waals surface area contributed by atoms with Crippen LogP contribution < -0.4 is 0 Å². The average molecular weight is 240 g/mol. The van der Waals surface area contributed by atoms with Crippen LogP contribution in [0.1, 0.15) is 39.5 Å². The Kier molecular flexibility index (Phi) is 4.45. The first kappa shape index (κ1) is 13.3. The maximum Gasteiger partial charge on any atom is 0.0749 e. The monoisotopic (exact) mass is 240 g/mol. The number of nitrogens with zero attached hydrogens (tertiary/aromatic N) is 2. The van der Waals surface area contributed by atoms with E-state index in [4.69, 9.17) is 4.74 Å². The lowest BCUT2D eigenvalue weighted by molar-refractivity contribution is -0.0103. The van der Waals surface area contributed by atoms with E-state index in [1.165, 1.54) is 51.9 Å². The van der Waals surface area contributed by atoms with Gasteiger partial charge >= 0.3 is 0 Å². The molecule has 1 atom stereocenters. The number of ether oxygens (including phenoxy) is 1. The maximum atomic E-state index is 5.56. The molecule has 2 heterocycles. The first-order valence-electron chi connectivity index (χ1n) is 7.12. The van der Waals surface area contributed by atoms with Crippen LogP contribution in [-0.2, 0) is 4.74 Å². The molecule has 2 saturated heterocycles. The van der Waals surface area contributed by atoms with Crippen LogP contribution >= 0.6 is 0 Å². The molecule has 100 valence electrons. The fraction of sp³-hybridized carbons (Fsp3) is 1.00. The van der Waals surface area contributed by atoms with Crippen molar-refractivity contribution >= 4 is 0 Å². The highest BCUT2D eigenvalue weighted by molar-refractivity contribution is 4.85. The summed E-state index contributed by atoms with van der Waals surface area (Å²) >= 11 is 0. The van der Waals surface area contributed by atoms with E-state index in [0.717, 1.165) is 12.6 Å². The van der Waals surface area contributed by atoms with Crippen molar-refractivity contribution in [2.45, 2.75) is 51.2 Å². The van der Waals surface area contributed by atoms with Crippen LogP contribution in [0.2, 0.25) is 0 Å². The predicted molar refractivity (Wildman–Crippen MR) is 71.4 cm³/mol. The third-order valence-corrected chi connectivity index (χ3v) is 4.29. The molecule has 0 aliphatic carbocycles. The summed E-state index contributed by atoms with van der Waals surface area (Å²) in [5.41, 5.74) is -0.0101. The summed E-state index contributed by atoms with van der Waals surface area (Å²) in [6, 6.07) is 0.805. The van der Waals surface area contributed by atoms with Gasteiger partial charge in [0.25, 0.3) is 0 Å². The second-order valence-corrected chi connectivity index (χ2v) is 6.24. The van der Waals surface area contributed by atoms with Gasteiger partial charge in [0.1, 0.15) is 0 Å². The van der Waals surface area contributed by atoms with Crippen molar-refractivity contribution in [2.24, 2.45) is 0 Å². The van der Waals surface area contributed by atoms with E-state index >= 15 is 0 Å². The molecule has 0 aromatic rings. The number of piperidine rings is 1. The molecule has 0 amide bonds. The molecule has 0 aromatic heterocycles. The molecule has 17 heavy (non-hydrogen) atoms. The summed E-state index contributed by atoms with van der Waals surface area (Å²) in [6.45, 7) is 10.5. The Bertz CT molecular complexity index is 242. The minimum atomic E-state index is -0.0101. The SMILES string of the molecule is COC(C)(C)CN1CCCN2CCCCC2C1. The smallest absolute Gasteiger partial charge is 0.0749 e.